The van der Waals surface area contributed by atoms with Gasteiger partial charge in [0, 0.05) is 36.6 Å². The van der Waals surface area contributed by atoms with Crippen LogP contribution in [0.4, 0.5) is 14.5 Å². The second-order valence-electron chi connectivity index (χ2n) is 5.14. The highest BCUT2D eigenvalue weighted by Gasteiger charge is 2.22. The third kappa shape index (κ3) is 3.29. The molecule has 0 fully saturated rings. The van der Waals surface area contributed by atoms with E-state index in [0.29, 0.717) is 5.56 Å². The third-order valence-electron chi connectivity index (χ3n) is 3.72. The van der Waals surface area contributed by atoms with Crippen molar-refractivity contribution in [2.24, 2.45) is 0 Å². The first-order valence-electron chi connectivity index (χ1n) is 7.65. The molecule has 0 amide bonds. The smallest absolute Gasteiger partial charge is 0.264 e. The van der Waals surface area contributed by atoms with Crippen LogP contribution in [0, 0.1) is 6.92 Å². The maximum atomic E-state index is 13.4. The predicted octanol–water partition coefficient (Wildman–Crippen LogP) is 5.46. The van der Waals surface area contributed by atoms with E-state index in [1.807, 2.05) is 33.9 Å². The Balaban J connectivity index is 0.000000847. The molecule has 5 heteroatoms. The fraction of sp³-hybridized carbons (Fsp3) is 0.471. The number of hydrogen-bond donors (Lipinski definition) is 0. The molecular formula is C17H22F2N2S. The molecule has 0 atom stereocenters. The van der Waals surface area contributed by atoms with Crippen molar-refractivity contribution in [3.63, 3.8) is 0 Å². The van der Waals surface area contributed by atoms with Crippen molar-refractivity contribution in [2.75, 3.05) is 18.5 Å². The number of fused-ring (bicyclic) bond motifs is 1. The van der Waals surface area contributed by atoms with Crippen molar-refractivity contribution in [1.29, 1.82) is 0 Å². The fourth-order valence-corrected chi connectivity index (χ4v) is 3.53. The van der Waals surface area contributed by atoms with E-state index in [1.54, 1.807) is 12.3 Å². The first-order valence-corrected chi connectivity index (χ1v) is 8.47. The normalized spacial score (nSPS) is 13.7. The lowest BCUT2D eigenvalue weighted by Crippen LogP contribution is -2.24. The fourth-order valence-electron chi connectivity index (χ4n) is 2.71. The van der Waals surface area contributed by atoms with E-state index in [4.69, 9.17) is 0 Å². The zero-order valence-electron chi connectivity index (χ0n) is 13.5. The van der Waals surface area contributed by atoms with Crippen LogP contribution in [0.2, 0.25) is 0 Å². The predicted molar refractivity (Wildman–Crippen MR) is 90.2 cm³/mol. The summed E-state index contributed by atoms with van der Waals surface area (Å²) in [6.45, 7) is 6.82. The minimum absolute atomic E-state index is 0.112. The molecular weight excluding hydrogens is 302 g/mol. The summed E-state index contributed by atoms with van der Waals surface area (Å²) in [6, 6.07) is 3.59. The van der Waals surface area contributed by atoms with Crippen LogP contribution in [0.15, 0.2) is 18.3 Å². The van der Waals surface area contributed by atoms with Crippen LogP contribution in [-0.2, 0) is 6.42 Å². The second-order valence-corrected chi connectivity index (χ2v) is 6.37. The molecule has 2 heterocycles. The number of anilines is 1. The summed E-state index contributed by atoms with van der Waals surface area (Å²) in [7, 11) is 1.96. The van der Waals surface area contributed by atoms with Gasteiger partial charge in [-0.2, -0.15) is 0 Å². The van der Waals surface area contributed by atoms with E-state index in [-0.39, 0.29) is 5.56 Å². The summed E-state index contributed by atoms with van der Waals surface area (Å²) in [5, 5.41) is 0.898. The quantitative estimate of drug-likeness (QED) is 0.728. The van der Waals surface area contributed by atoms with Crippen LogP contribution < -0.4 is 4.90 Å². The standard InChI is InChI=1S/C15H16F2N2S.C2H6/c1-9-18-8-14(20-9)11-6-10-4-3-5-19(2)13(10)7-12(11)15(16)17;1-2/h6-8,15H,3-5H2,1-2H3;1-2H3. The van der Waals surface area contributed by atoms with Gasteiger partial charge in [-0.05, 0) is 37.5 Å². The summed E-state index contributed by atoms with van der Waals surface area (Å²) in [5.74, 6) is 0. The third-order valence-corrected chi connectivity index (χ3v) is 4.67. The number of alkyl halides is 2. The van der Waals surface area contributed by atoms with Gasteiger partial charge in [0.25, 0.3) is 6.43 Å². The molecule has 1 aliphatic heterocycles. The van der Waals surface area contributed by atoms with E-state index in [2.05, 4.69) is 9.88 Å². The van der Waals surface area contributed by atoms with Crippen molar-refractivity contribution < 1.29 is 8.78 Å². The first-order chi connectivity index (χ1) is 10.6. The molecule has 0 bridgehead atoms. The molecule has 0 N–H and O–H groups in total. The number of halogens is 2. The van der Waals surface area contributed by atoms with Crippen LogP contribution in [0.25, 0.3) is 10.4 Å². The lowest BCUT2D eigenvalue weighted by atomic mass is 9.95. The number of aromatic nitrogens is 1. The zero-order chi connectivity index (χ0) is 16.3. The average molecular weight is 324 g/mol. The van der Waals surface area contributed by atoms with Crippen LogP contribution in [0.3, 0.4) is 0 Å². The van der Waals surface area contributed by atoms with Gasteiger partial charge in [0.1, 0.15) is 0 Å². The van der Waals surface area contributed by atoms with Gasteiger partial charge in [-0.3, -0.25) is 0 Å². The Morgan fingerprint density at radius 1 is 1.27 bits per heavy atom. The van der Waals surface area contributed by atoms with Crippen LogP contribution in [0.1, 0.15) is 42.8 Å². The minimum atomic E-state index is -2.46. The molecule has 3 rings (SSSR count). The highest BCUT2D eigenvalue weighted by atomic mass is 32.1. The van der Waals surface area contributed by atoms with E-state index >= 15 is 0 Å². The Labute approximate surface area is 134 Å². The van der Waals surface area contributed by atoms with Crippen LogP contribution in [0.5, 0.6) is 0 Å². The molecule has 22 heavy (non-hydrogen) atoms. The van der Waals surface area contributed by atoms with Gasteiger partial charge in [0.2, 0.25) is 0 Å². The second kappa shape index (κ2) is 7.18. The monoisotopic (exact) mass is 324 g/mol. The number of thiazole rings is 1. The Bertz CT molecular complexity index is 638. The van der Waals surface area contributed by atoms with Gasteiger partial charge in [-0.25, -0.2) is 13.8 Å². The number of hydrogen-bond acceptors (Lipinski definition) is 3. The Morgan fingerprint density at radius 3 is 2.59 bits per heavy atom. The molecule has 0 aliphatic carbocycles. The van der Waals surface area contributed by atoms with Crippen LogP contribution >= 0.6 is 11.3 Å². The van der Waals surface area contributed by atoms with Gasteiger partial charge < -0.3 is 4.90 Å². The number of nitrogens with zero attached hydrogens (tertiary/aromatic N) is 2. The highest BCUT2D eigenvalue weighted by Crippen LogP contribution is 2.40. The first kappa shape index (κ1) is 16.9. The molecule has 2 aromatic rings. The van der Waals surface area contributed by atoms with E-state index in [1.165, 1.54) is 11.3 Å². The van der Waals surface area contributed by atoms with Crippen LogP contribution in [-0.4, -0.2) is 18.6 Å². The maximum absolute atomic E-state index is 13.4. The van der Waals surface area contributed by atoms with Crippen molar-refractivity contribution in [3.05, 3.63) is 34.5 Å². The minimum Gasteiger partial charge on any atom is -0.374 e. The summed E-state index contributed by atoms with van der Waals surface area (Å²) in [5.41, 5.74) is 2.85. The largest absolute Gasteiger partial charge is 0.374 e. The molecule has 0 spiro atoms. The summed E-state index contributed by atoms with van der Waals surface area (Å²) >= 11 is 1.47. The SMILES string of the molecule is CC.Cc1ncc(-c2cc3c(cc2C(F)F)N(C)CCC3)s1. The Hall–Kier alpha value is -1.49. The Morgan fingerprint density at radius 2 is 2.00 bits per heavy atom. The van der Waals surface area contributed by atoms with Gasteiger partial charge >= 0.3 is 0 Å². The highest BCUT2D eigenvalue weighted by molar-refractivity contribution is 7.15. The van der Waals surface area contributed by atoms with Gasteiger partial charge in [0.05, 0.1) is 9.88 Å². The van der Waals surface area contributed by atoms with Gasteiger partial charge in [-0.15, -0.1) is 11.3 Å². The van der Waals surface area contributed by atoms with E-state index in [0.717, 1.165) is 40.5 Å². The van der Waals surface area contributed by atoms with Gasteiger partial charge in [0.15, 0.2) is 0 Å². The van der Waals surface area contributed by atoms with E-state index < -0.39 is 6.43 Å². The molecule has 0 saturated heterocycles. The van der Waals surface area contributed by atoms with Gasteiger partial charge in [-0.1, -0.05) is 13.8 Å². The molecule has 120 valence electrons. The lowest BCUT2D eigenvalue weighted by Gasteiger charge is -2.29. The summed E-state index contributed by atoms with van der Waals surface area (Å²) in [4.78, 5) is 7.07. The number of benzene rings is 1. The lowest BCUT2D eigenvalue weighted by molar-refractivity contribution is 0.152. The topological polar surface area (TPSA) is 16.1 Å². The summed E-state index contributed by atoms with van der Waals surface area (Å²) in [6.07, 6.45) is 1.25. The number of rotatable bonds is 2. The van der Waals surface area contributed by atoms with Crippen molar-refractivity contribution in [3.8, 4) is 10.4 Å². The summed E-state index contributed by atoms with van der Waals surface area (Å²) < 4.78 is 26.8. The van der Waals surface area contributed by atoms with E-state index in [9.17, 15) is 8.78 Å². The molecule has 0 unspecified atom stereocenters. The molecule has 0 radical (unpaired) electrons. The molecule has 1 aliphatic rings. The van der Waals surface area contributed by atoms with Crippen molar-refractivity contribution in [2.45, 2.75) is 40.0 Å². The molecule has 0 saturated carbocycles. The zero-order valence-corrected chi connectivity index (χ0v) is 14.3. The number of aryl methyl sites for hydroxylation is 2. The average Bonchev–Trinajstić information content (AvgIpc) is 2.95. The molecule has 1 aromatic carbocycles. The Kier molecular flexibility index (Phi) is 5.51. The molecule has 2 nitrogen and oxygen atoms in total. The van der Waals surface area contributed by atoms with Crippen molar-refractivity contribution in [1.82, 2.24) is 4.98 Å². The van der Waals surface area contributed by atoms with Crippen molar-refractivity contribution >= 4 is 17.0 Å². The molecule has 1 aromatic heterocycles. The maximum Gasteiger partial charge on any atom is 0.264 e.